The summed E-state index contributed by atoms with van der Waals surface area (Å²) in [5, 5.41) is 2.53. The summed E-state index contributed by atoms with van der Waals surface area (Å²) in [4.78, 5) is 13.9. The van der Waals surface area contributed by atoms with Gasteiger partial charge >= 0.3 is 0 Å². The third-order valence-corrected chi connectivity index (χ3v) is 4.88. The lowest BCUT2D eigenvalue weighted by Gasteiger charge is -2.24. The van der Waals surface area contributed by atoms with Crippen LogP contribution in [0.5, 0.6) is 0 Å². The Kier molecular flexibility index (Phi) is 6.43. The third kappa shape index (κ3) is 4.71. The van der Waals surface area contributed by atoms with Gasteiger partial charge in [-0.1, -0.05) is 0 Å². The van der Waals surface area contributed by atoms with Crippen LogP contribution in [0.1, 0.15) is 39.0 Å². The highest BCUT2D eigenvalue weighted by atomic mass is 19.1. The molecule has 1 amide bonds. The molecule has 1 aromatic carbocycles. The number of hydrogen-bond donors (Lipinski definition) is 1. The van der Waals surface area contributed by atoms with E-state index in [4.69, 9.17) is 9.47 Å². The Morgan fingerprint density at radius 1 is 1.27 bits per heavy atom. The topological polar surface area (TPSA) is 50.8 Å². The van der Waals surface area contributed by atoms with Gasteiger partial charge in [0.1, 0.15) is 11.8 Å². The predicted octanol–water partition coefficient (Wildman–Crippen LogP) is 3.48. The molecule has 0 aliphatic carbocycles. The number of benzene rings is 1. The minimum Gasteiger partial charge on any atom is -0.376 e. The van der Waals surface area contributed by atoms with E-state index in [0.717, 1.165) is 50.8 Å². The zero-order chi connectivity index (χ0) is 18.5. The summed E-state index contributed by atoms with van der Waals surface area (Å²) in [7, 11) is 0. The van der Waals surface area contributed by atoms with Gasteiger partial charge in [-0.2, -0.15) is 0 Å². The molecule has 2 atom stereocenters. The summed E-state index contributed by atoms with van der Waals surface area (Å²) in [6.07, 6.45) is 4.20. The largest absolute Gasteiger partial charge is 0.376 e. The van der Waals surface area contributed by atoms with Crippen molar-refractivity contribution in [3.8, 4) is 0 Å². The SMILES string of the molecule is CC(OCC1CCCCO1)C(=O)Nc1cc(F)c(N2CCCC2)c(F)c1. The van der Waals surface area contributed by atoms with Crippen LogP contribution in [0.2, 0.25) is 0 Å². The van der Waals surface area contributed by atoms with Crippen molar-refractivity contribution < 1.29 is 23.0 Å². The summed E-state index contributed by atoms with van der Waals surface area (Å²) < 4.78 is 39.8. The normalized spacial score (nSPS) is 21.7. The second kappa shape index (κ2) is 8.77. The number of nitrogens with zero attached hydrogens (tertiary/aromatic N) is 1. The van der Waals surface area contributed by atoms with Crippen molar-refractivity contribution in [1.82, 2.24) is 0 Å². The summed E-state index contributed by atoms with van der Waals surface area (Å²) in [5.74, 6) is -1.76. The van der Waals surface area contributed by atoms with Gasteiger partial charge in [0.05, 0.1) is 12.7 Å². The highest BCUT2D eigenvalue weighted by Crippen LogP contribution is 2.29. The first-order valence-corrected chi connectivity index (χ1v) is 9.32. The number of nitrogens with one attached hydrogen (secondary N) is 1. The first-order valence-electron chi connectivity index (χ1n) is 9.32. The number of hydrogen-bond acceptors (Lipinski definition) is 4. The smallest absolute Gasteiger partial charge is 0.253 e. The Balaban J connectivity index is 1.56. The fourth-order valence-electron chi connectivity index (χ4n) is 3.39. The molecule has 0 bridgehead atoms. The van der Waals surface area contributed by atoms with E-state index in [9.17, 15) is 13.6 Å². The van der Waals surface area contributed by atoms with Gasteiger partial charge in [0, 0.05) is 25.4 Å². The number of anilines is 2. The molecule has 2 saturated heterocycles. The Hall–Kier alpha value is -1.73. The van der Waals surface area contributed by atoms with Crippen molar-refractivity contribution in [2.24, 2.45) is 0 Å². The molecule has 0 saturated carbocycles. The molecule has 2 unspecified atom stereocenters. The van der Waals surface area contributed by atoms with Crippen molar-refractivity contribution in [2.45, 2.75) is 51.2 Å². The summed E-state index contributed by atoms with van der Waals surface area (Å²) in [6.45, 7) is 3.96. The molecule has 5 nitrogen and oxygen atoms in total. The number of amides is 1. The average Bonchev–Trinajstić information content (AvgIpc) is 3.14. The van der Waals surface area contributed by atoms with E-state index < -0.39 is 23.6 Å². The lowest BCUT2D eigenvalue weighted by atomic mass is 10.1. The fourth-order valence-corrected chi connectivity index (χ4v) is 3.39. The molecule has 0 aromatic heterocycles. The van der Waals surface area contributed by atoms with E-state index >= 15 is 0 Å². The average molecular weight is 368 g/mol. The maximum Gasteiger partial charge on any atom is 0.253 e. The van der Waals surface area contributed by atoms with Gasteiger partial charge < -0.3 is 19.7 Å². The molecule has 1 aromatic rings. The van der Waals surface area contributed by atoms with Gasteiger partial charge in [-0.25, -0.2) is 8.78 Å². The Bertz CT molecular complexity index is 606. The monoisotopic (exact) mass is 368 g/mol. The van der Waals surface area contributed by atoms with E-state index in [-0.39, 0.29) is 17.5 Å². The molecule has 0 radical (unpaired) electrons. The summed E-state index contributed by atoms with van der Waals surface area (Å²) in [5.41, 5.74) is 0.0801. The highest BCUT2D eigenvalue weighted by molar-refractivity contribution is 5.94. The molecule has 26 heavy (non-hydrogen) atoms. The van der Waals surface area contributed by atoms with Gasteiger partial charge in [-0.05, 0) is 51.2 Å². The molecule has 2 heterocycles. The zero-order valence-corrected chi connectivity index (χ0v) is 15.1. The van der Waals surface area contributed by atoms with Crippen molar-refractivity contribution in [3.05, 3.63) is 23.8 Å². The molecule has 7 heteroatoms. The van der Waals surface area contributed by atoms with Crippen LogP contribution < -0.4 is 10.2 Å². The fraction of sp³-hybridized carbons (Fsp3) is 0.632. The molecule has 2 aliphatic heterocycles. The lowest BCUT2D eigenvalue weighted by molar-refractivity contribution is -0.130. The minimum absolute atomic E-state index is 0.00799. The van der Waals surface area contributed by atoms with Crippen LogP contribution in [-0.2, 0) is 14.3 Å². The molecule has 3 rings (SSSR count). The first kappa shape index (κ1) is 19.0. The van der Waals surface area contributed by atoms with Crippen LogP contribution in [0, 0.1) is 11.6 Å². The van der Waals surface area contributed by atoms with E-state index in [1.54, 1.807) is 11.8 Å². The van der Waals surface area contributed by atoms with Gasteiger partial charge in [0.25, 0.3) is 5.91 Å². The number of carbonyl (C=O) groups is 1. The molecule has 1 N–H and O–H groups in total. The van der Waals surface area contributed by atoms with Gasteiger partial charge in [-0.15, -0.1) is 0 Å². The molecule has 144 valence electrons. The number of rotatable bonds is 6. The number of carbonyl (C=O) groups excluding carboxylic acids is 1. The molecular weight excluding hydrogens is 342 g/mol. The van der Waals surface area contributed by atoms with Crippen molar-refractivity contribution in [3.63, 3.8) is 0 Å². The van der Waals surface area contributed by atoms with E-state index in [0.29, 0.717) is 19.7 Å². The van der Waals surface area contributed by atoms with Crippen LogP contribution in [0.15, 0.2) is 12.1 Å². The third-order valence-electron chi connectivity index (χ3n) is 4.88. The number of halogens is 2. The van der Waals surface area contributed by atoms with Gasteiger partial charge in [0.15, 0.2) is 11.6 Å². The molecule has 2 aliphatic rings. The van der Waals surface area contributed by atoms with Gasteiger partial charge in [-0.3, -0.25) is 4.79 Å². The Morgan fingerprint density at radius 2 is 1.96 bits per heavy atom. The van der Waals surface area contributed by atoms with E-state index in [1.165, 1.54) is 0 Å². The number of ether oxygens (including phenoxy) is 2. The first-order chi connectivity index (χ1) is 12.5. The second-order valence-electron chi connectivity index (χ2n) is 6.94. The maximum atomic E-state index is 14.3. The van der Waals surface area contributed by atoms with E-state index in [1.807, 2.05) is 0 Å². The lowest BCUT2D eigenvalue weighted by Crippen LogP contribution is -2.32. The van der Waals surface area contributed by atoms with Crippen molar-refractivity contribution in [1.29, 1.82) is 0 Å². The van der Waals surface area contributed by atoms with Gasteiger partial charge in [0.2, 0.25) is 0 Å². The highest BCUT2D eigenvalue weighted by Gasteiger charge is 2.23. The Labute approximate surface area is 152 Å². The van der Waals surface area contributed by atoms with Crippen molar-refractivity contribution in [2.75, 3.05) is 36.5 Å². The quantitative estimate of drug-likeness (QED) is 0.835. The molecule has 0 spiro atoms. The van der Waals surface area contributed by atoms with Crippen LogP contribution in [0.25, 0.3) is 0 Å². The van der Waals surface area contributed by atoms with Crippen LogP contribution in [0.4, 0.5) is 20.2 Å². The van der Waals surface area contributed by atoms with Crippen LogP contribution in [-0.4, -0.2) is 44.4 Å². The molecular formula is C19H26F2N2O3. The minimum atomic E-state index is -0.732. The predicted molar refractivity (Wildman–Crippen MR) is 95.4 cm³/mol. The molecule has 2 fully saturated rings. The second-order valence-corrected chi connectivity index (χ2v) is 6.94. The van der Waals surface area contributed by atoms with E-state index in [2.05, 4.69) is 5.32 Å². The van der Waals surface area contributed by atoms with Crippen LogP contribution in [0.3, 0.4) is 0 Å². The van der Waals surface area contributed by atoms with Crippen molar-refractivity contribution >= 4 is 17.3 Å². The summed E-state index contributed by atoms with van der Waals surface area (Å²) in [6, 6.07) is 2.32. The zero-order valence-electron chi connectivity index (χ0n) is 15.1. The maximum absolute atomic E-state index is 14.3. The Morgan fingerprint density at radius 3 is 2.58 bits per heavy atom. The summed E-state index contributed by atoms with van der Waals surface area (Å²) >= 11 is 0. The standard InChI is InChI=1S/C19H26F2N2O3/c1-13(26-12-15-6-2-5-9-25-15)19(24)22-14-10-16(20)18(17(21)11-14)23-7-3-4-8-23/h10-11,13,15H,2-9,12H2,1H3,(H,22,24). The van der Waals surface area contributed by atoms with Crippen LogP contribution >= 0.6 is 0 Å².